The zero-order valence-corrected chi connectivity index (χ0v) is 16.7. The predicted molar refractivity (Wildman–Crippen MR) is 104 cm³/mol. The first-order valence-electron chi connectivity index (χ1n) is 9.56. The summed E-state index contributed by atoms with van der Waals surface area (Å²) in [5.41, 5.74) is 2.26. The largest absolute Gasteiger partial charge is 0.487 e. The van der Waals surface area contributed by atoms with Crippen molar-refractivity contribution in [3.05, 3.63) is 51.6 Å². The molecule has 4 heterocycles. The Labute approximate surface area is 167 Å². The number of amides is 1. The number of rotatable bonds is 4. The van der Waals surface area contributed by atoms with Gasteiger partial charge in [0.25, 0.3) is 0 Å². The molecule has 5 rings (SSSR count). The van der Waals surface area contributed by atoms with E-state index < -0.39 is 15.6 Å². The van der Waals surface area contributed by atoms with E-state index in [0.29, 0.717) is 37.3 Å². The molecule has 3 aliphatic heterocycles. The molecule has 152 valence electrons. The number of carbonyl (C=O) groups excluding carboxylic acids is 1. The highest BCUT2D eigenvalue weighted by molar-refractivity contribution is 7.89. The summed E-state index contributed by atoms with van der Waals surface area (Å²) in [5.74, 6) is 0.934. The van der Waals surface area contributed by atoms with Crippen LogP contribution in [0, 0.1) is 6.92 Å². The fraction of sp³-hybridized carbons (Fsp3) is 0.400. The van der Waals surface area contributed by atoms with Gasteiger partial charge in [0.05, 0.1) is 29.7 Å². The van der Waals surface area contributed by atoms with Crippen LogP contribution in [0.15, 0.2) is 38.4 Å². The van der Waals surface area contributed by atoms with Crippen LogP contribution in [0.1, 0.15) is 23.3 Å². The third-order valence-electron chi connectivity index (χ3n) is 5.65. The van der Waals surface area contributed by atoms with Gasteiger partial charge in [-0.2, -0.15) is 4.31 Å². The van der Waals surface area contributed by atoms with E-state index in [-0.39, 0.29) is 30.0 Å². The van der Waals surface area contributed by atoms with Crippen LogP contribution in [-0.4, -0.2) is 44.4 Å². The molecule has 3 aliphatic rings. The van der Waals surface area contributed by atoms with Gasteiger partial charge >= 0.3 is 5.63 Å². The molecule has 9 heteroatoms. The molecule has 0 aliphatic carbocycles. The van der Waals surface area contributed by atoms with Gasteiger partial charge in [-0.05, 0) is 43.0 Å². The number of hydrogen-bond acceptors (Lipinski definition) is 6. The van der Waals surface area contributed by atoms with Crippen molar-refractivity contribution in [2.45, 2.75) is 37.2 Å². The highest BCUT2D eigenvalue weighted by Gasteiger charge is 2.40. The van der Waals surface area contributed by atoms with Crippen LogP contribution in [0.3, 0.4) is 0 Å². The quantitative estimate of drug-likeness (QED) is 0.744. The molecule has 0 N–H and O–H groups in total. The lowest BCUT2D eigenvalue weighted by molar-refractivity contribution is -0.118. The number of sulfonamides is 1. The molecule has 1 aromatic heterocycles. The maximum absolute atomic E-state index is 13.1. The first-order chi connectivity index (χ1) is 13.8. The summed E-state index contributed by atoms with van der Waals surface area (Å²) in [5, 5.41) is 0. The molecule has 0 radical (unpaired) electrons. The van der Waals surface area contributed by atoms with Crippen molar-refractivity contribution >= 4 is 21.6 Å². The molecule has 0 saturated carbocycles. The summed E-state index contributed by atoms with van der Waals surface area (Å²) in [6.07, 6.45) is 1.36. The Bertz CT molecular complexity index is 1180. The van der Waals surface area contributed by atoms with Gasteiger partial charge in [-0.15, -0.1) is 0 Å². The molecule has 0 atom stereocenters. The van der Waals surface area contributed by atoms with Gasteiger partial charge in [-0.25, -0.2) is 13.2 Å². The maximum Gasteiger partial charge on any atom is 0.339 e. The van der Waals surface area contributed by atoms with Crippen molar-refractivity contribution in [1.82, 2.24) is 4.31 Å². The number of carbonyl (C=O) groups is 1. The van der Waals surface area contributed by atoms with E-state index in [1.165, 1.54) is 10.4 Å². The molecule has 1 aromatic carbocycles. The van der Waals surface area contributed by atoms with Gasteiger partial charge in [0.2, 0.25) is 15.9 Å². The van der Waals surface area contributed by atoms with Crippen molar-refractivity contribution in [3.63, 3.8) is 0 Å². The van der Waals surface area contributed by atoms with Crippen LogP contribution in [-0.2, 0) is 27.7 Å². The molecule has 0 unspecified atom stereocenters. The second kappa shape index (κ2) is 6.43. The van der Waals surface area contributed by atoms with Crippen LogP contribution in [0.2, 0.25) is 0 Å². The zero-order valence-electron chi connectivity index (χ0n) is 15.9. The molecule has 0 spiro atoms. The van der Waals surface area contributed by atoms with Crippen LogP contribution in [0.25, 0.3) is 0 Å². The molecule has 1 saturated heterocycles. The van der Waals surface area contributed by atoms with Crippen LogP contribution < -0.4 is 15.3 Å². The molecule has 2 aromatic rings. The average Bonchev–Trinajstić information content (AvgIpc) is 3.05. The summed E-state index contributed by atoms with van der Waals surface area (Å²) in [7, 11) is -3.64. The van der Waals surface area contributed by atoms with Gasteiger partial charge < -0.3 is 14.1 Å². The predicted octanol–water partition coefficient (Wildman–Crippen LogP) is 1.24. The number of ether oxygens (including phenoxy) is 1. The van der Waals surface area contributed by atoms with Crippen LogP contribution in [0.5, 0.6) is 5.75 Å². The Morgan fingerprint density at radius 2 is 1.76 bits per heavy atom. The average molecular weight is 416 g/mol. The fourth-order valence-electron chi connectivity index (χ4n) is 4.23. The number of nitrogens with zero attached hydrogens (tertiary/aromatic N) is 2. The highest BCUT2D eigenvalue weighted by atomic mass is 32.2. The molecular weight excluding hydrogens is 396 g/mol. The second-order valence-corrected chi connectivity index (χ2v) is 9.61. The molecule has 1 amide bonds. The van der Waals surface area contributed by atoms with E-state index in [1.54, 1.807) is 30.0 Å². The van der Waals surface area contributed by atoms with Crippen molar-refractivity contribution in [1.29, 1.82) is 0 Å². The monoisotopic (exact) mass is 416 g/mol. The number of anilines is 1. The molecule has 1 fully saturated rings. The Hall–Kier alpha value is -2.65. The van der Waals surface area contributed by atoms with E-state index in [4.69, 9.17) is 9.15 Å². The topological polar surface area (TPSA) is 97.1 Å². The maximum atomic E-state index is 13.1. The molecule has 8 nitrogen and oxygen atoms in total. The third-order valence-corrected chi connectivity index (χ3v) is 7.46. The lowest BCUT2D eigenvalue weighted by Gasteiger charge is -2.38. The second-order valence-electron chi connectivity index (χ2n) is 7.67. The van der Waals surface area contributed by atoms with Gasteiger partial charge in [0.1, 0.15) is 17.6 Å². The van der Waals surface area contributed by atoms with Crippen LogP contribution in [0.4, 0.5) is 5.69 Å². The minimum atomic E-state index is -3.64. The van der Waals surface area contributed by atoms with E-state index >= 15 is 0 Å². The van der Waals surface area contributed by atoms with Crippen molar-refractivity contribution < 1.29 is 22.4 Å². The van der Waals surface area contributed by atoms with E-state index in [2.05, 4.69) is 0 Å². The van der Waals surface area contributed by atoms with E-state index in [1.807, 2.05) is 0 Å². The molecule has 0 bridgehead atoms. The smallest absolute Gasteiger partial charge is 0.339 e. The van der Waals surface area contributed by atoms with E-state index in [9.17, 15) is 18.0 Å². The number of hydrogen-bond donors (Lipinski definition) is 0. The number of aryl methyl sites for hydroxylation is 2. The standard InChI is InChI=1S/C20H20N2O6S/c1-12-6-15(9-19(24)27-12)28-16-10-21(11-16)29(25,26)17-7-13-2-3-18(23)22-5-4-14(8-17)20(13)22/h6-9,16H,2-5,10-11H2,1H3. The van der Waals surface area contributed by atoms with Crippen molar-refractivity contribution in [2.75, 3.05) is 24.5 Å². The van der Waals surface area contributed by atoms with Gasteiger partial charge in [-0.3, -0.25) is 4.79 Å². The zero-order chi connectivity index (χ0) is 20.3. The van der Waals surface area contributed by atoms with Gasteiger partial charge in [-0.1, -0.05) is 0 Å². The van der Waals surface area contributed by atoms with Crippen molar-refractivity contribution in [2.24, 2.45) is 0 Å². The summed E-state index contributed by atoms with van der Waals surface area (Å²) in [6, 6.07) is 6.27. The minimum absolute atomic E-state index is 0.111. The summed E-state index contributed by atoms with van der Waals surface area (Å²) < 4.78 is 38.1. The Kier molecular flexibility index (Phi) is 4.08. The minimum Gasteiger partial charge on any atom is -0.487 e. The Morgan fingerprint density at radius 1 is 1.03 bits per heavy atom. The van der Waals surface area contributed by atoms with Crippen LogP contribution >= 0.6 is 0 Å². The summed E-state index contributed by atoms with van der Waals surface area (Å²) >= 11 is 0. The molecular formula is C20H20N2O6S. The van der Waals surface area contributed by atoms with Gasteiger partial charge in [0.15, 0.2) is 0 Å². The van der Waals surface area contributed by atoms with Crippen molar-refractivity contribution in [3.8, 4) is 5.75 Å². The third kappa shape index (κ3) is 3.05. The summed E-state index contributed by atoms with van der Waals surface area (Å²) in [6.45, 7) is 2.72. The molecule has 29 heavy (non-hydrogen) atoms. The Morgan fingerprint density at radius 3 is 2.48 bits per heavy atom. The summed E-state index contributed by atoms with van der Waals surface area (Å²) in [4.78, 5) is 25.5. The SMILES string of the molecule is Cc1cc(OC2CN(S(=O)(=O)c3cc4c5c(c3)CCN5C(=O)CC4)C2)cc(=O)o1. The Balaban J connectivity index is 1.34. The first-order valence-corrected chi connectivity index (χ1v) is 11.0. The lowest BCUT2D eigenvalue weighted by Crippen LogP contribution is -2.56. The first kappa shape index (κ1) is 18.4. The van der Waals surface area contributed by atoms with E-state index in [0.717, 1.165) is 16.8 Å². The lowest BCUT2D eigenvalue weighted by atomic mass is 10.00. The fourth-order valence-corrected chi connectivity index (χ4v) is 5.84. The van der Waals surface area contributed by atoms with Gasteiger partial charge in [0, 0.05) is 19.0 Å². The number of benzene rings is 1. The highest BCUT2D eigenvalue weighted by Crippen LogP contribution is 2.39. The normalized spacial score (nSPS) is 19.2.